The van der Waals surface area contributed by atoms with Crippen molar-refractivity contribution in [2.75, 3.05) is 5.32 Å². The molecule has 1 aromatic carbocycles. The molecule has 2 aromatic heterocycles. The van der Waals surface area contributed by atoms with Gasteiger partial charge in [0.25, 0.3) is 0 Å². The number of anilines is 1. The molecule has 3 N–H and O–H groups in total. The summed E-state index contributed by atoms with van der Waals surface area (Å²) < 4.78 is 29.6. The highest BCUT2D eigenvalue weighted by Gasteiger charge is 2.27. The van der Waals surface area contributed by atoms with Crippen molar-refractivity contribution < 1.29 is 13.2 Å². The zero-order chi connectivity index (χ0) is 25.8. The molecule has 0 unspecified atom stereocenters. The van der Waals surface area contributed by atoms with Crippen molar-refractivity contribution >= 4 is 33.1 Å². The quantitative estimate of drug-likeness (QED) is 0.367. The average Bonchev–Trinajstić information content (AvgIpc) is 3.33. The average molecular weight is 528 g/mol. The van der Waals surface area contributed by atoms with Crippen LogP contribution >= 0.6 is 11.3 Å². The Bertz CT molecular complexity index is 1290. The van der Waals surface area contributed by atoms with Gasteiger partial charge in [-0.05, 0) is 63.4 Å². The normalized spacial score (nSPS) is 15.0. The number of pyridine rings is 1. The Hall–Kier alpha value is -2.82. The van der Waals surface area contributed by atoms with Gasteiger partial charge in [0, 0.05) is 47.8 Å². The summed E-state index contributed by atoms with van der Waals surface area (Å²) in [6, 6.07) is 8.17. The molecule has 0 radical (unpaired) electrons. The number of urea groups is 1. The number of benzene rings is 1. The van der Waals surface area contributed by atoms with E-state index in [-0.39, 0.29) is 4.90 Å². The van der Waals surface area contributed by atoms with Crippen LogP contribution in [0, 0.1) is 0 Å². The van der Waals surface area contributed by atoms with Gasteiger partial charge in [0.2, 0.25) is 10.0 Å². The van der Waals surface area contributed by atoms with Crippen LogP contribution in [0.4, 0.5) is 10.5 Å². The first kappa shape index (κ1) is 26.2. The fourth-order valence-corrected chi connectivity index (χ4v) is 7.15. The van der Waals surface area contributed by atoms with E-state index in [1.807, 2.05) is 12.1 Å². The van der Waals surface area contributed by atoms with E-state index in [9.17, 15) is 13.2 Å². The summed E-state index contributed by atoms with van der Waals surface area (Å²) in [5.74, 6) is 0.440. The second-order valence-corrected chi connectivity index (χ2v) is 12.8. The van der Waals surface area contributed by atoms with E-state index in [1.165, 1.54) is 25.3 Å². The van der Waals surface area contributed by atoms with Gasteiger partial charge in [-0.3, -0.25) is 4.98 Å². The molecule has 36 heavy (non-hydrogen) atoms. The molecule has 1 saturated carbocycles. The van der Waals surface area contributed by atoms with Crippen molar-refractivity contribution in [1.29, 1.82) is 0 Å². The van der Waals surface area contributed by atoms with Crippen LogP contribution in [0.25, 0.3) is 10.4 Å². The number of hydrogen-bond acceptors (Lipinski definition) is 6. The first-order valence-corrected chi connectivity index (χ1v) is 14.5. The SMILES string of the molecule is CC(C)(C)NS(=O)(=O)c1cc(NC(=O)NCc2ccncc2)ccc1-c1cnc(C2CCCCC2)s1. The molecule has 0 spiro atoms. The van der Waals surface area contributed by atoms with Crippen LogP contribution < -0.4 is 15.4 Å². The lowest BCUT2D eigenvalue weighted by Crippen LogP contribution is -2.40. The molecule has 1 aliphatic rings. The lowest BCUT2D eigenvalue weighted by atomic mass is 9.90. The molecule has 3 aromatic rings. The summed E-state index contributed by atoms with van der Waals surface area (Å²) >= 11 is 1.56. The second-order valence-electron chi connectivity index (χ2n) is 10.1. The molecule has 8 nitrogen and oxygen atoms in total. The largest absolute Gasteiger partial charge is 0.334 e. The summed E-state index contributed by atoms with van der Waals surface area (Å²) in [5, 5.41) is 6.60. The smallest absolute Gasteiger partial charge is 0.319 e. The van der Waals surface area contributed by atoms with Gasteiger partial charge in [-0.2, -0.15) is 0 Å². The number of nitrogens with zero attached hydrogens (tertiary/aromatic N) is 2. The fraction of sp³-hybridized carbons (Fsp3) is 0.423. The minimum absolute atomic E-state index is 0.114. The highest BCUT2D eigenvalue weighted by Crippen LogP contribution is 2.39. The molecule has 0 atom stereocenters. The number of hydrogen-bond donors (Lipinski definition) is 3. The first-order chi connectivity index (χ1) is 17.1. The van der Waals surface area contributed by atoms with Crippen LogP contribution in [-0.2, 0) is 16.6 Å². The third-order valence-corrected chi connectivity index (χ3v) is 8.91. The molecule has 10 heteroatoms. The molecular weight excluding hydrogens is 494 g/mol. The summed E-state index contributed by atoms with van der Waals surface area (Å²) in [4.78, 5) is 22.0. The maximum absolute atomic E-state index is 13.4. The molecule has 4 rings (SSSR count). The standard InChI is InChI=1S/C26H33N5O3S2/c1-26(2,3)31-36(33,34)23-15-20(30-25(32)29-16-18-11-13-27-14-12-18)9-10-21(23)22-17-28-24(35-22)19-7-5-4-6-8-19/h9-15,17,19,31H,4-8,16H2,1-3H3,(H2,29,30,32). The molecule has 192 valence electrons. The lowest BCUT2D eigenvalue weighted by Gasteiger charge is -2.22. The molecule has 2 heterocycles. The minimum Gasteiger partial charge on any atom is -0.334 e. The number of amides is 2. The Kier molecular flexibility index (Phi) is 8.07. The monoisotopic (exact) mass is 527 g/mol. The van der Waals surface area contributed by atoms with Crippen molar-refractivity contribution in [2.24, 2.45) is 0 Å². The van der Waals surface area contributed by atoms with Crippen molar-refractivity contribution in [1.82, 2.24) is 20.0 Å². The van der Waals surface area contributed by atoms with Crippen LogP contribution in [-0.4, -0.2) is 30.0 Å². The van der Waals surface area contributed by atoms with Gasteiger partial charge in [0.1, 0.15) is 0 Å². The highest BCUT2D eigenvalue weighted by atomic mass is 32.2. The van der Waals surface area contributed by atoms with E-state index in [2.05, 4.69) is 25.3 Å². The van der Waals surface area contributed by atoms with Crippen LogP contribution in [0.1, 0.15) is 69.4 Å². The summed E-state index contributed by atoms with van der Waals surface area (Å²) in [6.07, 6.45) is 11.0. The van der Waals surface area contributed by atoms with Crippen molar-refractivity contribution in [3.05, 3.63) is 59.5 Å². The van der Waals surface area contributed by atoms with Crippen LogP contribution in [0.2, 0.25) is 0 Å². The third-order valence-electron chi connectivity index (χ3n) is 5.92. The van der Waals surface area contributed by atoms with Crippen molar-refractivity contribution in [2.45, 2.75) is 75.8 Å². The number of thiazole rings is 1. The van der Waals surface area contributed by atoms with Gasteiger partial charge in [-0.15, -0.1) is 11.3 Å². The van der Waals surface area contributed by atoms with E-state index in [0.717, 1.165) is 28.3 Å². The number of carbonyl (C=O) groups is 1. The zero-order valence-corrected chi connectivity index (χ0v) is 22.5. The predicted octanol–water partition coefficient (Wildman–Crippen LogP) is 5.65. The lowest BCUT2D eigenvalue weighted by molar-refractivity contribution is 0.251. The van der Waals surface area contributed by atoms with Crippen LogP contribution in [0.15, 0.2) is 53.8 Å². The van der Waals surface area contributed by atoms with E-state index in [4.69, 9.17) is 0 Å². The van der Waals surface area contributed by atoms with E-state index in [1.54, 1.807) is 62.8 Å². The van der Waals surface area contributed by atoms with Crippen molar-refractivity contribution in [3.63, 3.8) is 0 Å². The number of carbonyl (C=O) groups excluding carboxylic acids is 1. The Balaban J connectivity index is 1.60. The first-order valence-electron chi connectivity index (χ1n) is 12.2. The topological polar surface area (TPSA) is 113 Å². The zero-order valence-electron chi connectivity index (χ0n) is 20.9. The van der Waals surface area contributed by atoms with Crippen molar-refractivity contribution in [3.8, 4) is 10.4 Å². The van der Waals surface area contributed by atoms with E-state index >= 15 is 0 Å². The number of sulfonamides is 1. The Morgan fingerprint density at radius 1 is 1.08 bits per heavy atom. The summed E-state index contributed by atoms with van der Waals surface area (Å²) in [6.45, 7) is 5.72. The fourth-order valence-electron chi connectivity index (χ4n) is 4.29. The van der Waals surface area contributed by atoms with Gasteiger partial charge in [-0.25, -0.2) is 22.9 Å². The van der Waals surface area contributed by atoms with Gasteiger partial charge in [0.05, 0.1) is 14.8 Å². The second kappa shape index (κ2) is 11.1. The van der Waals surface area contributed by atoms with Gasteiger partial charge in [0.15, 0.2) is 0 Å². The Labute approximate surface area is 217 Å². The van der Waals surface area contributed by atoms with E-state index < -0.39 is 21.6 Å². The van der Waals surface area contributed by atoms with Gasteiger partial charge >= 0.3 is 6.03 Å². The molecule has 2 amide bonds. The predicted molar refractivity (Wildman–Crippen MR) is 144 cm³/mol. The van der Waals surface area contributed by atoms with Crippen LogP contribution in [0.3, 0.4) is 0 Å². The number of rotatable bonds is 7. The molecule has 0 saturated heterocycles. The Morgan fingerprint density at radius 3 is 2.50 bits per heavy atom. The molecule has 1 aliphatic carbocycles. The summed E-state index contributed by atoms with van der Waals surface area (Å²) in [5.41, 5.74) is 1.21. The maximum Gasteiger partial charge on any atom is 0.319 e. The van der Waals surface area contributed by atoms with Gasteiger partial charge < -0.3 is 10.6 Å². The van der Waals surface area contributed by atoms with Gasteiger partial charge in [-0.1, -0.05) is 25.3 Å². The molecular formula is C26H33N5O3S2. The molecule has 1 fully saturated rings. The van der Waals surface area contributed by atoms with Crippen LogP contribution in [0.5, 0.6) is 0 Å². The highest BCUT2D eigenvalue weighted by molar-refractivity contribution is 7.89. The number of nitrogens with one attached hydrogen (secondary N) is 3. The Morgan fingerprint density at radius 2 is 1.81 bits per heavy atom. The third kappa shape index (κ3) is 6.89. The molecule has 0 bridgehead atoms. The minimum atomic E-state index is -3.88. The van der Waals surface area contributed by atoms with E-state index in [0.29, 0.717) is 23.7 Å². The number of aromatic nitrogens is 2. The summed E-state index contributed by atoms with van der Waals surface area (Å²) in [7, 11) is -3.88. The maximum atomic E-state index is 13.4. The molecule has 0 aliphatic heterocycles.